The van der Waals surface area contributed by atoms with Gasteiger partial charge in [0, 0.05) is 19.0 Å². The van der Waals surface area contributed by atoms with Crippen molar-refractivity contribution in [3.05, 3.63) is 33.3 Å². The Morgan fingerprint density at radius 1 is 1.35 bits per heavy atom. The summed E-state index contributed by atoms with van der Waals surface area (Å²) in [6.07, 6.45) is 1.66. The van der Waals surface area contributed by atoms with Crippen LogP contribution in [-0.4, -0.2) is 37.0 Å². The first-order chi connectivity index (χ1) is 9.61. The highest BCUT2D eigenvalue weighted by Gasteiger charge is 2.42. The van der Waals surface area contributed by atoms with Crippen LogP contribution < -0.4 is 4.90 Å². The standard InChI is InChI=1S/C13H15ClN2O4/c14-10-3-1-4-11(16(17)18)12(10)15-6-2-5-13(9-15)19-7-8-20-13/h1,3-4H,2,5-9H2. The van der Waals surface area contributed by atoms with E-state index >= 15 is 0 Å². The first-order valence-corrected chi connectivity index (χ1v) is 6.95. The Labute approximate surface area is 121 Å². The smallest absolute Gasteiger partial charge is 0.294 e. The molecule has 0 amide bonds. The van der Waals surface area contributed by atoms with Crippen molar-refractivity contribution >= 4 is 23.0 Å². The summed E-state index contributed by atoms with van der Waals surface area (Å²) in [6.45, 7) is 2.31. The fourth-order valence-corrected chi connectivity index (χ4v) is 3.17. The molecule has 0 bridgehead atoms. The third kappa shape index (κ3) is 2.34. The van der Waals surface area contributed by atoms with Crippen LogP contribution in [0.4, 0.5) is 11.4 Å². The molecule has 2 aliphatic heterocycles. The molecule has 108 valence electrons. The van der Waals surface area contributed by atoms with Gasteiger partial charge in [-0.15, -0.1) is 0 Å². The van der Waals surface area contributed by atoms with Gasteiger partial charge in [-0.05, 0) is 12.5 Å². The summed E-state index contributed by atoms with van der Waals surface area (Å²) in [5.74, 6) is -0.634. The van der Waals surface area contributed by atoms with E-state index in [-0.39, 0.29) is 5.69 Å². The molecule has 0 aromatic heterocycles. The summed E-state index contributed by atoms with van der Waals surface area (Å²) in [4.78, 5) is 12.7. The number of nitro benzene ring substituents is 1. The van der Waals surface area contributed by atoms with Crippen molar-refractivity contribution in [2.24, 2.45) is 0 Å². The molecule has 0 radical (unpaired) electrons. The number of hydrogen-bond donors (Lipinski definition) is 0. The van der Waals surface area contributed by atoms with Crippen LogP contribution in [0.1, 0.15) is 12.8 Å². The van der Waals surface area contributed by atoms with Crippen LogP contribution in [0, 0.1) is 10.1 Å². The van der Waals surface area contributed by atoms with E-state index in [2.05, 4.69) is 0 Å². The summed E-state index contributed by atoms with van der Waals surface area (Å²) in [5, 5.41) is 11.6. The van der Waals surface area contributed by atoms with Crippen LogP contribution in [0.15, 0.2) is 18.2 Å². The average Bonchev–Trinajstić information content (AvgIpc) is 2.86. The predicted octanol–water partition coefficient (Wildman–Crippen LogP) is 2.59. The first kappa shape index (κ1) is 13.6. The second-order valence-corrected chi connectivity index (χ2v) is 5.40. The van der Waals surface area contributed by atoms with Crippen molar-refractivity contribution in [2.75, 3.05) is 31.2 Å². The van der Waals surface area contributed by atoms with Gasteiger partial charge >= 0.3 is 0 Å². The van der Waals surface area contributed by atoms with Crippen LogP contribution in [0.25, 0.3) is 0 Å². The maximum atomic E-state index is 11.2. The minimum Gasteiger partial charge on any atom is -0.359 e. The number of halogens is 1. The molecule has 7 heteroatoms. The van der Waals surface area contributed by atoms with Gasteiger partial charge in [-0.2, -0.15) is 0 Å². The first-order valence-electron chi connectivity index (χ1n) is 6.57. The Kier molecular flexibility index (Phi) is 3.54. The number of benzene rings is 1. The number of rotatable bonds is 2. The second-order valence-electron chi connectivity index (χ2n) is 5.00. The molecule has 2 saturated heterocycles. The third-order valence-corrected chi connectivity index (χ3v) is 4.01. The van der Waals surface area contributed by atoms with Crippen molar-refractivity contribution in [1.29, 1.82) is 0 Å². The zero-order valence-corrected chi connectivity index (χ0v) is 11.6. The van der Waals surface area contributed by atoms with Gasteiger partial charge in [0.05, 0.1) is 29.7 Å². The van der Waals surface area contributed by atoms with Gasteiger partial charge in [-0.1, -0.05) is 17.7 Å². The summed E-state index contributed by atoms with van der Waals surface area (Å²) >= 11 is 6.17. The van der Waals surface area contributed by atoms with E-state index in [4.69, 9.17) is 21.1 Å². The van der Waals surface area contributed by atoms with E-state index < -0.39 is 10.7 Å². The van der Waals surface area contributed by atoms with E-state index in [1.807, 2.05) is 4.90 Å². The summed E-state index contributed by atoms with van der Waals surface area (Å²) < 4.78 is 11.4. The Morgan fingerprint density at radius 3 is 2.80 bits per heavy atom. The quantitative estimate of drug-likeness (QED) is 0.620. The molecule has 1 aromatic rings. The molecule has 2 heterocycles. The van der Waals surface area contributed by atoms with E-state index in [9.17, 15) is 10.1 Å². The molecule has 0 N–H and O–H groups in total. The Morgan fingerprint density at radius 2 is 2.10 bits per heavy atom. The largest absolute Gasteiger partial charge is 0.359 e. The maximum absolute atomic E-state index is 11.2. The van der Waals surface area contributed by atoms with E-state index in [0.717, 1.165) is 12.8 Å². The lowest BCUT2D eigenvalue weighted by Gasteiger charge is -2.39. The minimum absolute atomic E-state index is 0.0209. The number of nitrogens with zero attached hydrogens (tertiary/aromatic N) is 2. The zero-order chi connectivity index (χ0) is 14.2. The van der Waals surface area contributed by atoms with Gasteiger partial charge in [-0.3, -0.25) is 10.1 Å². The fourth-order valence-electron chi connectivity index (χ4n) is 2.88. The average molecular weight is 299 g/mol. The summed E-state index contributed by atoms with van der Waals surface area (Å²) in [6, 6.07) is 4.73. The highest BCUT2D eigenvalue weighted by atomic mass is 35.5. The topological polar surface area (TPSA) is 64.8 Å². The zero-order valence-electron chi connectivity index (χ0n) is 10.9. The molecule has 0 aliphatic carbocycles. The molecule has 0 atom stereocenters. The maximum Gasteiger partial charge on any atom is 0.294 e. The normalized spacial score (nSPS) is 21.4. The molecule has 0 unspecified atom stereocenters. The number of anilines is 1. The van der Waals surface area contributed by atoms with Crippen molar-refractivity contribution in [1.82, 2.24) is 0 Å². The van der Waals surface area contributed by atoms with Crippen LogP contribution >= 0.6 is 11.6 Å². The van der Waals surface area contributed by atoms with Gasteiger partial charge in [0.15, 0.2) is 5.79 Å². The van der Waals surface area contributed by atoms with Crippen molar-refractivity contribution in [2.45, 2.75) is 18.6 Å². The Hall–Kier alpha value is -1.37. The number of para-hydroxylation sites is 1. The molecule has 6 nitrogen and oxygen atoms in total. The molecule has 2 aliphatic rings. The number of ether oxygens (including phenoxy) is 2. The number of nitro groups is 1. The SMILES string of the molecule is O=[N+]([O-])c1cccc(Cl)c1N1CCCC2(C1)OCCO2. The van der Waals surface area contributed by atoms with Gasteiger partial charge in [-0.25, -0.2) is 0 Å². The molecule has 20 heavy (non-hydrogen) atoms. The molecular formula is C13H15ClN2O4. The van der Waals surface area contributed by atoms with Crippen molar-refractivity contribution in [3.8, 4) is 0 Å². The van der Waals surface area contributed by atoms with Crippen LogP contribution in [0.3, 0.4) is 0 Å². The van der Waals surface area contributed by atoms with E-state index in [0.29, 0.717) is 37.0 Å². The third-order valence-electron chi connectivity index (χ3n) is 3.71. The van der Waals surface area contributed by atoms with Crippen LogP contribution in [0.5, 0.6) is 0 Å². The predicted molar refractivity (Wildman–Crippen MR) is 74.2 cm³/mol. The minimum atomic E-state index is -0.634. The van der Waals surface area contributed by atoms with Gasteiger partial charge in [0.2, 0.25) is 0 Å². The highest BCUT2D eigenvalue weighted by molar-refractivity contribution is 6.33. The van der Waals surface area contributed by atoms with Crippen LogP contribution in [0.2, 0.25) is 5.02 Å². The highest BCUT2D eigenvalue weighted by Crippen LogP contribution is 2.40. The fraction of sp³-hybridized carbons (Fsp3) is 0.538. The second kappa shape index (κ2) is 5.20. The van der Waals surface area contributed by atoms with Crippen molar-refractivity contribution < 1.29 is 14.4 Å². The van der Waals surface area contributed by atoms with E-state index in [1.165, 1.54) is 6.07 Å². The lowest BCUT2D eigenvalue weighted by Crippen LogP contribution is -2.49. The Bertz CT molecular complexity index is 531. The van der Waals surface area contributed by atoms with Crippen LogP contribution in [-0.2, 0) is 9.47 Å². The Balaban J connectivity index is 1.94. The monoisotopic (exact) mass is 298 g/mol. The van der Waals surface area contributed by atoms with Gasteiger partial charge in [0.25, 0.3) is 5.69 Å². The summed E-state index contributed by atoms with van der Waals surface area (Å²) in [5.41, 5.74) is 0.477. The molecule has 3 rings (SSSR count). The molecule has 1 spiro atoms. The van der Waals surface area contributed by atoms with Gasteiger partial charge < -0.3 is 14.4 Å². The summed E-state index contributed by atoms with van der Waals surface area (Å²) in [7, 11) is 0. The molecule has 1 aromatic carbocycles. The lowest BCUT2D eigenvalue weighted by atomic mass is 10.0. The molecular weight excluding hydrogens is 284 g/mol. The van der Waals surface area contributed by atoms with Gasteiger partial charge in [0.1, 0.15) is 5.69 Å². The lowest BCUT2D eigenvalue weighted by molar-refractivity contribution is -0.384. The molecule has 2 fully saturated rings. The number of hydrogen-bond acceptors (Lipinski definition) is 5. The van der Waals surface area contributed by atoms with Crippen molar-refractivity contribution in [3.63, 3.8) is 0 Å². The van der Waals surface area contributed by atoms with E-state index in [1.54, 1.807) is 12.1 Å². The molecule has 0 saturated carbocycles. The number of piperidine rings is 1.